The highest BCUT2D eigenvalue weighted by molar-refractivity contribution is 9.10. The maximum atomic E-state index is 13.7. The highest BCUT2D eigenvalue weighted by Gasteiger charge is 2.12. The van der Waals surface area contributed by atoms with Gasteiger partial charge in [0, 0.05) is 18.6 Å². The van der Waals surface area contributed by atoms with Gasteiger partial charge in [0.15, 0.2) is 0 Å². The molecule has 0 aliphatic rings. The Morgan fingerprint density at radius 3 is 2.79 bits per heavy atom. The Morgan fingerprint density at radius 2 is 2.11 bits per heavy atom. The van der Waals surface area contributed by atoms with Crippen LogP contribution in [0.4, 0.5) is 4.39 Å². The lowest BCUT2D eigenvalue weighted by Crippen LogP contribution is -2.05. The first-order chi connectivity index (χ1) is 9.08. The molecular formula is C14H13BrFN3. The molecule has 0 amide bonds. The number of nitrogens with zero attached hydrogens (tertiary/aromatic N) is 3. The summed E-state index contributed by atoms with van der Waals surface area (Å²) < 4.78 is 18.5. The number of hydrogen-bond donors (Lipinski definition) is 0. The molecule has 0 bridgehead atoms. The Hall–Kier alpha value is -1.62. The van der Waals surface area contributed by atoms with Gasteiger partial charge < -0.3 is 4.57 Å². The number of rotatable bonds is 2. The van der Waals surface area contributed by atoms with Crippen molar-refractivity contribution >= 4 is 26.8 Å². The van der Waals surface area contributed by atoms with E-state index in [0.29, 0.717) is 11.9 Å². The predicted molar refractivity (Wildman–Crippen MR) is 76.6 cm³/mol. The number of aryl methyl sites for hydroxylation is 2. The molecule has 0 saturated heterocycles. The van der Waals surface area contributed by atoms with Crippen molar-refractivity contribution in [1.29, 1.82) is 0 Å². The molecule has 5 heteroatoms. The average Bonchev–Trinajstić information content (AvgIpc) is 2.88. The van der Waals surface area contributed by atoms with E-state index in [1.807, 2.05) is 41.5 Å². The maximum absolute atomic E-state index is 13.7. The Kier molecular flexibility index (Phi) is 2.93. The third-order valence-electron chi connectivity index (χ3n) is 3.34. The summed E-state index contributed by atoms with van der Waals surface area (Å²) in [6.07, 6.45) is 1.91. The third kappa shape index (κ3) is 1.98. The van der Waals surface area contributed by atoms with Gasteiger partial charge in [-0.2, -0.15) is 5.10 Å². The number of fused-ring (bicyclic) bond motifs is 1. The van der Waals surface area contributed by atoms with Crippen molar-refractivity contribution in [3.05, 3.63) is 52.1 Å². The predicted octanol–water partition coefficient (Wildman–Crippen LogP) is 3.63. The Balaban J connectivity index is 2.09. The minimum Gasteiger partial charge on any atom is -0.341 e. The van der Waals surface area contributed by atoms with Crippen LogP contribution in [0.5, 0.6) is 0 Å². The molecule has 3 rings (SSSR count). The van der Waals surface area contributed by atoms with Crippen LogP contribution in [0.25, 0.3) is 10.9 Å². The van der Waals surface area contributed by atoms with Crippen LogP contribution in [-0.2, 0) is 13.6 Å². The molecule has 98 valence electrons. The third-order valence-corrected chi connectivity index (χ3v) is 4.37. The zero-order valence-corrected chi connectivity index (χ0v) is 12.3. The summed E-state index contributed by atoms with van der Waals surface area (Å²) in [6, 6.07) is 6.95. The van der Waals surface area contributed by atoms with Gasteiger partial charge in [-0.15, -0.1) is 0 Å². The SMILES string of the molecule is Cc1nn(C)c(Cn2ccc3c(F)cccc32)c1Br. The van der Waals surface area contributed by atoms with Gasteiger partial charge in [-0.05, 0) is 41.1 Å². The van der Waals surface area contributed by atoms with E-state index in [1.165, 1.54) is 6.07 Å². The maximum Gasteiger partial charge on any atom is 0.132 e. The van der Waals surface area contributed by atoms with E-state index in [9.17, 15) is 4.39 Å². The van der Waals surface area contributed by atoms with Crippen LogP contribution in [-0.4, -0.2) is 14.3 Å². The van der Waals surface area contributed by atoms with Crippen molar-refractivity contribution in [2.45, 2.75) is 13.5 Å². The lowest BCUT2D eigenvalue weighted by atomic mass is 10.2. The molecule has 1 aromatic carbocycles. The lowest BCUT2D eigenvalue weighted by Gasteiger charge is -2.07. The van der Waals surface area contributed by atoms with Gasteiger partial charge in [0.05, 0.1) is 27.9 Å². The van der Waals surface area contributed by atoms with Crippen LogP contribution in [0.3, 0.4) is 0 Å². The van der Waals surface area contributed by atoms with Crippen molar-refractivity contribution in [2.75, 3.05) is 0 Å². The quantitative estimate of drug-likeness (QED) is 0.706. The van der Waals surface area contributed by atoms with Gasteiger partial charge >= 0.3 is 0 Å². The van der Waals surface area contributed by atoms with E-state index >= 15 is 0 Å². The molecule has 3 nitrogen and oxygen atoms in total. The van der Waals surface area contributed by atoms with Gasteiger partial charge in [0.2, 0.25) is 0 Å². The van der Waals surface area contributed by atoms with Crippen LogP contribution in [0.2, 0.25) is 0 Å². The summed E-state index contributed by atoms with van der Waals surface area (Å²) in [5.41, 5.74) is 2.92. The highest BCUT2D eigenvalue weighted by Crippen LogP contribution is 2.24. The van der Waals surface area contributed by atoms with Gasteiger partial charge in [0.1, 0.15) is 5.82 Å². The average molecular weight is 322 g/mol. The Labute approximate surface area is 118 Å². The minimum atomic E-state index is -0.184. The first-order valence-corrected chi connectivity index (χ1v) is 6.78. The molecule has 0 aliphatic carbocycles. The fourth-order valence-corrected chi connectivity index (χ4v) is 2.80. The molecule has 0 fully saturated rings. The molecule has 2 heterocycles. The molecule has 0 spiro atoms. The largest absolute Gasteiger partial charge is 0.341 e. The Morgan fingerprint density at radius 1 is 1.32 bits per heavy atom. The topological polar surface area (TPSA) is 22.8 Å². The second-order valence-electron chi connectivity index (χ2n) is 4.59. The molecule has 0 atom stereocenters. The van der Waals surface area contributed by atoms with Crippen LogP contribution in [0.1, 0.15) is 11.4 Å². The molecule has 3 aromatic rings. The van der Waals surface area contributed by atoms with E-state index in [0.717, 1.165) is 21.4 Å². The van der Waals surface area contributed by atoms with Crippen LogP contribution >= 0.6 is 15.9 Å². The monoisotopic (exact) mass is 321 g/mol. The smallest absolute Gasteiger partial charge is 0.132 e. The number of benzene rings is 1. The first kappa shape index (κ1) is 12.4. The van der Waals surface area contributed by atoms with Crippen molar-refractivity contribution in [3.63, 3.8) is 0 Å². The van der Waals surface area contributed by atoms with Gasteiger partial charge in [0.25, 0.3) is 0 Å². The fourth-order valence-electron chi connectivity index (χ4n) is 2.34. The van der Waals surface area contributed by atoms with Crippen LogP contribution in [0, 0.1) is 12.7 Å². The summed E-state index contributed by atoms with van der Waals surface area (Å²) in [4.78, 5) is 0. The molecule has 19 heavy (non-hydrogen) atoms. The van der Waals surface area contributed by atoms with Gasteiger partial charge in [-0.3, -0.25) is 4.68 Å². The summed E-state index contributed by atoms with van der Waals surface area (Å²) in [5.74, 6) is -0.184. The van der Waals surface area contributed by atoms with Crippen LogP contribution < -0.4 is 0 Å². The highest BCUT2D eigenvalue weighted by atomic mass is 79.9. The van der Waals surface area contributed by atoms with Gasteiger partial charge in [-0.25, -0.2) is 4.39 Å². The van der Waals surface area contributed by atoms with E-state index in [1.54, 1.807) is 6.07 Å². The number of aromatic nitrogens is 3. The molecule has 0 N–H and O–H groups in total. The molecule has 2 aromatic heterocycles. The van der Waals surface area contributed by atoms with Crippen LogP contribution in [0.15, 0.2) is 34.9 Å². The van der Waals surface area contributed by atoms with Crippen molar-refractivity contribution in [3.8, 4) is 0 Å². The minimum absolute atomic E-state index is 0.184. The summed E-state index contributed by atoms with van der Waals surface area (Å²) in [7, 11) is 1.92. The van der Waals surface area contributed by atoms with Crippen molar-refractivity contribution < 1.29 is 4.39 Å². The second-order valence-corrected chi connectivity index (χ2v) is 5.38. The second kappa shape index (κ2) is 4.49. The van der Waals surface area contributed by atoms with E-state index in [2.05, 4.69) is 21.0 Å². The number of halogens is 2. The molecule has 0 unspecified atom stereocenters. The first-order valence-electron chi connectivity index (χ1n) is 5.99. The summed E-state index contributed by atoms with van der Waals surface area (Å²) in [6.45, 7) is 2.62. The molecule has 0 radical (unpaired) electrons. The summed E-state index contributed by atoms with van der Waals surface area (Å²) >= 11 is 3.55. The standard InChI is InChI=1S/C14H13BrFN3/c1-9-14(15)13(18(2)17-9)8-19-7-6-10-11(16)4-3-5-12(10)19/h3-7H,8H2,1-2H3. The molecule has 0 aliphatic heterocycles. The lowest BCUT2D eigenvalue weighted by molar-refractivity contribution is 0.639. The normalized spacial score (nSPS) is 11.4. The van der Waals surface area contributed by atoms with E-state index in [4.69, 9.17) is 0 Å². The molecular weight excluding hydrogens is 309 g/mol. The fraction of sp³-hybridized carbons (Fsp3) is 0.214. The number of hydrogen-bond acceptors (Lipinski definition) is 1. The van der Waals surface area contributed by atoms with Gasteiger partial charge in [-0.1, -0.05) is 6.07 Å². The van der Waals surface area contributed by atoms with Crippen molar-refractivity contribution in [2.24, 2.45) is 7.05 Å². The summed E-state index contributed by atoms with van der Waals surface area (Å²) in [5, 5.41) is 5.02. The Bertz CT molecular complexity index is 757. The molecule has 0 saturated carbocycles. The zero-order chi connectivity index (χ0) is 13.6. The van der Waals surface area contributed by atoms with E-state index in [-0.39, 0.29) is 5.82 Å². The van der Waals surface area contributed by atoms with Crippen molar-refractivity contribution in [1.82, 2.24) is 14.3 Å². The van der Waals surface area contributed by atoms with E-state index < -0.39 is 0 Å². The zero-order valence-electron chi connectivity index (χ0n) is 10.7.